The predicted molar refractivity (Wildman–Crippen MR) is 140 cm³/mol. The maximum Gasteiger partial charge on any atom is 0.225 e. The van der Waals surface area contributed by atoms with Crippen LogP contribution in [0.1, 0.15) is 19.5 Å². The summed E-state index contributed by atoms with van der Waals surface area (Å²) in [5, 5.41) is 4.67. The third-order valence-electron chi connectivity index (χ3n) is 5.97. The lowest BCUT2D eigenvalue weighted by Crippen LogP contribution is -2.38. The van der Waals surface area contributed by atoms with E-state index in [1.54, 1.807) is 25.4 Å². The Kier molecular flexibility index (Phi) is 7.28. The van der Waals surface area contributed by atoms with Crippen LogP contribution in [-0.4, -0.2) is 49.8 Å². The van der Waals surface area contributed by atoms with E-state index in [2.05, 4.69) is 31.7 Å². The summed E-state index contributed by atoms with van der Waals surface area (Å²) in [6.07, 6.45) is 5.28. The van der Waals surface area contributed by atoms with Gasteiger partial charge in [0.25, 0.3) is 0 Å². The highest BCUT2D eigenvalue weighted by atomic mass is 35.5. The molecule has 2 aromatic heterocycles. The molecule has 1 aliphatic heterocycles. The van der Waals surface area contributed by atoms with Crippen molar-refractivity contribution in [2.75, 3.05) is 34.8 Å². The number of halogens is 2. The Bertz CT molecular complexity index is 1280. The maximum atomic E-state index is 13.9. The first kappa shape index (κ1) is 24.3. The Morgan fingerprint density at radius 3 is 2.56 bits per heavy atom. The summed E-state index contributed by atoms with van der Waals surface area (Å²) in [5.74, 6) is 1.44. The molecule has 0 amide bonds. The van der Waals surface area contributed by atoms with Crippen molar-refractivity contribution in [3.05, 3.63) is 65.4 Å². The van der Waals surface area contributed by atoms with Gasteiger partial charge in [-0.2, -0.15) is 0 Å². The van der Waals surface area contributed by atoms with E-state index in [1.165, 1.54) is 0 Å². The van der Waals surface area contributed by atoms with Crippen LogP contribution in [0.15, 0.2) is 54.6 Å². The van der Waals surface area contributed by atoms with Gasteiger partial charge in [0.15, 0.2) is 0 Å². The van der Waals surface area contributed by atoms with E-state index < -0.39 is 16.6 Å². The summed E-state index contributed by atoms with van der Waals surface area (Å²) in [6.45, 7) is 10.3. The molecule has 0 radical (unpaired) electrons. The van der Waals surface area contributed by atoms with Crippen LogP contribution in [0.5, 0.6) is 0 Å². The number of aryl methyl sites for hydroxylation is 1. The molecule has 1 atom stereocenters. The molecule has 1 fully saturated rings. The van der Waals surface area contributed by atoms with E-state index >= 15 is 0 Å². The summed E-state index contributed by atoms with van der Waals surface area (Å²) in [4.78, 5) is 15.8. The first-order valence-corrected chi connectivity index (χ1v) is 12.9. The number of hydrogen-bond acceptors (Lipinski definition) is 6. The van der Waals surface area contributed by atoms with Gasteiger partial charge in [0.1, 0.15) is 5.83 Å². The number of nitrogens with one attached hydrogen (secondary N) is 1. The molecule has 6 nitrogen and oxygen atoms in total. The highest BCUT2D eigenvalue weighted by Crippen LogP contribution is 2.36. The van der Waals surface area contributed by atoms with Gasteiger partial charge < -0.3 is 10.2 Å². The average Bonchev–Trinajstić information content (AvgIpc) is 2.82. The van der Waals surface area contributed by atoms with Crippen molar-refractivity contribution in [3.63, 3.8) is 0 Å². The average molecular weight is 500 g/mol. The predicted octanol–water partition coefficient (Wildman–Crippen LogP) is 5.45. The van der Waals surface area contributed by atoms with Crippen LogP contribution < -0.4 is 10.2 Å². The topological polar surface area (TPSA) is 71.0 Å². The van der Waals surface area contributed by atoms with Gasteiger partial charge in [-0.15, -0.1) is 0 Å². The number of pyridine rings is 1. The Balaban J connectivity index is 1.69. The summed E-state index contributed by atoms with van der Waals surface area (Å²) in [7, 11) is -0.748. The number of aromatic nitrogens is 3. The van der Waals surface area contributed by atoms with Crippen LogP contribution in [0.3, 0.4) is 0 Å². The molecule has 34 heavy (non-hydrogen) atoms. The second kappa shape index (κ2) is 10.2. The maximum absolute atomic E-state index is 13.9. The van der Waals surface area contributed by atoms with Gasteiger partial charge in [0, 0.05) is 64.3 Å². The minimum absolute atomic E-state index is 0.338. The van der Waals surface area contributed by atoms with E-state index in [0.29, 0.717) is 52.5 Å². The van der Waals surface area contributed by atoms with Crippen LogP contribution in [-0.2, 0) is 10.8 Å². The Labute approximate surface area is 206 Å². The first-order chi connectivity index (χ1) is 16.3. The quantitative estimate of drug-likeness (QED) is 0.454. The fraction of sp³-hybridized carbons (Fsp3) is 0.320. The molecule has 1 unspecified atom stereocenters. The van der Waals surface area contributed by atoms with Crippen molar-refractivity contribution < 1.29 is 8.60 Å². The highest BCUT2D eigenvalue weighted by molar-refractivity contribution is 7.85. The zero-order chi connectivity index (χ0) is 24.4. The van der Waals surface area contributed by atoms with Gasteiger partial charge in [-0.05, 0) is 38.5 Å². The number of nitrogens with zero attached hydrogens (tertiary/aromatic N) is 4. The van der Waals surface area contributed by atoms with Crippen molar-refractivity contribution in [2.24, 2.45) is 0 Å². The smallest absolute Gasteiger partial charge is 0.225 e. The van der Waals surface area contributed by atoms with E-state index in [9.17, 15) is 8.60 Å². The highest BCUT2D eigenvalue weighted by Gasteiger charge is 2.19. The van der Waals surface area contributed by atoms with Gasteiger partial charge in [0.05, 0.1) is 28.0 Å². The third-order valence-corrected chi connectivity index (χ3v) is 7.71. The zero-order valence-corrected chi connectivity index (χ0v) is 21.0. The number of anilines is 2. The Hall–Kier alpha value is -2.84. The summed E-state index contributed by atoms with van der Waals surface area (Å²) >= 11 is 6.65. The normalized spacial score (nSPS) is 16.0. The molecule has 3 heterocycles. The van der Waals surface area contributed by atoms with Crippen LogP contribution in [0.2, 0.25) is 5.02 Å². The van der Waals surface area contributed by atoms with Gasteiger partial charge in [-0.25, -0.2) is 14.4 Å². The van der Waals surface area contributed by atoms with Crippen LogP contribution >= 0.6 is 11.6 Å². The molecular weight excluding hydrogens is 473 g/mol. The van der Waals surface area contributed by atoms with Crippen molar-refractivity contribution in [3.8, 4) is 11.1 Å². The monoisotopic (exact) mass is 499 g/mol. The summed E-state index contributed by atoms with van der Waals surface area (Å²) < 4.78 is 25.5. The molecule has 3 aromatic rings. The van der Waals surface area contributed by atoms with E-state index in [4.69, 9.17) is 11.6 Å². The summed E-state index contributed by atoms with van der Waals surface area (Å²) in [5.41, 5.74) is 4.40. The van der Waals surface area contributed by atoms with Crippen molar-refractivity contribution >= 4 is 44.9 Å². The van der Waals surface area contributed by atoms with E-state index in [-0.39, 0.29) is 6.04 Å². The summed E-state index contributed by atoms with van der Waals surface area (Å²) in [6, 6.07) is 5.56. The molecule has 0 saturated carbocycles. The van der Waals surface area contributed by atoms with Gasteiger partial charge in [-0.1, -0.05) is 30.3 Å². The van der Waals surface area contributed by atoms with Crippen LogP contribution in [0.25, 0.3) is 22.0 Å². The molecule has 9 heteroatoms. The largest absolute Gasteiger partial charge is 0.377 e. The molecule has 1 saturated heterocycles. The molecule has 4 rings (SSSR count). The first-order valence-electron chi connectivity index (χ1n) is 11.1. The lowest BCUT2D eigenvalue weighted by molar-refractivity contribution is 0.637. The zero-order valence-electron chi connectivity index (χ0n) is 19.4. The molecular formula is C25H27ClFN5OS. The molecule has 1 aliphatic rings. The lowest BCUT2D eigenvalue weighted by atomic mass is 10.0. The van der Waals surface area contributed by atoms with Gasteiger partial charge in [0.2, 0.25) is 5.95 Å². The number of allylic oxidation sites excluding steroid dienone is 1. The third kappa shape index (κ3) is 4.98. The Morgan fingerprint density at radius 1 is 1.26 bits per heavy atom. The second-order valence-electron chi connectivity index (χ2n) is 8.24. The molecule has 0 bridgehead atoms. The van der Waals surface area contributed by atoms with Gasteiger partial charge >= 0.3 is 0 Å². The number of rotatable bonds is 6. The molecule has 178 valence electrons. The van der Waals surface area contributed by atoms with Crippen molar-refractivity contribution in [2.45, 2.75) is 26.8 Å². The Morgan fingerprint density at radius 2 is 1.94 bits per heavy atom. The minimum Gasteiger partial charge on any atom is -0.377 e. The second-order valence-corrected chi connectivity index (χ2v) is 10.3. The number of hydrogen-bond donors (Lipinski definition) is 1. The number of benzene rings is 1. The van der Waals surface area contributed by atoms with Crippen LogP contribution in [0, 0.1) is 6.92 Å². The molecule has 1 N–H and O–H groups in total. The standard InChI is InChI=1S/C25H27ClFN5OS/c1-5-20(15(2)27)16(3)31-24-21-12-18(6-7-22(21)30-17(4)23(24)26)19-13-28-25(29-14-19)32-8-10-34(33)11-9-32/h5-7,12-14,16H,2,8-11H2,1,3-4H3,(H,30,31)/b20-5+. The molecule has 0 spiro atoms. The van der Waals surface area contributed by atoms with Crippen LogP contribution in [0.4, 0.5) is 16.0 Å². The number of fused-ring (bicyclic) bond motifs is 1. The molecule has 0 aliphatic carbocycles. The minimum atomic E-state index is -0.748. The fourth-order valence-corrected chi connectivity index (χ4v) is 5.34. The van der Waals surface area contributed by atoms with E-state index in [1.807, 2.05) is 32.0 Å². The fourth-order valence-electron chi connectivity index (χ4n) is 4.09. The lowest BCUT2D eigenvalue weighted by Gasteiger charge is -2.26. The van der Waals surface area contributed by atoms with Crippen molar-refractivity contribution in [1.82, 2.24) is 15.0 Å². The SMILES string of the molecule is C=C(F)/C(=C\C)C(C)Nc1c(Cl)c(C)nc2ccc(-c3cnc(N4CCS(=O)CC4)nc3)cc12. The van der Waals surface area contributed by atoms with Crippen molar-refractivity contribution in [1.29, 1.82) is 0 Å². The van der Waals surface area contributed by atoms with Gasteiger partial charge in [-0.3, -0.25) is 9.19 Å². The molecule has 1 aromatic carbocycles. The van der Waals surface area contributed by atoms with E-state index in [0.717, 1.165) is 22.0 Å².